The molecule has 3 amide bonds. The van der Waals surface area contributed by atoms with Gasteiger partial charge in [-0.05, 0) is 38.5 Å². The molecule has 1 unspecified atom stereocenters. The van der Waals surface area contributed by atoms with E-state index in [1.165, 1.54) is 19.3 Å². The zero-order valence-corrected chi connectivity index (χ0v) is 17.1. The maximum atomic E-state index is 13.2. The molecule has 3 saturated heterocycles. The molecule has 158 valence electrons. The number of rotatable bonds is 3. The van der Waals surface area contributed by atoms with Crippen LogP contribution in [0, 0.1) is 0 Å². The second-order valence-corrected chi connectivity index (χ2v) is 8.84. The highest BCUT2D eigenvalue weighted by atomic mass is 16.5. The number of piperidine rings is 1. The van der Waals surface area contributed by atoms with E-state index < -0.39 is 0 Å². The third kappa shape index (κ3) is 4.62. The number of urea groups is 1. The largest absolute Gasteiger partial charge is 0.381 e. The summed E-state index contributed by atoms with van der Waals surface area (Å²) in [5, 5.41) is 3.22. The highest BCUT2D eigenvalue weighted by Gasteiger charge is 2.38. The Balaban J connectivity index is 1.26. The van der Waals surface area contributed by atoms with Crippen molar-refractivity contribution >= 4 is 11.9 Å². The molecule has 4 rings (SSSR count). The third-order valence-corrected chi connectivity index (χ3v) is 7.05. The van der Waals surface area contributed by atoms with Gasteiger partial charge in [0.15, 0.2) is 0 Å². The minimum Gasteiger partial charge on any atom is -0.381 e. The van der Waals surface area contributed by atoms with Crippen molar-refractivity contribution in [2.45, 2.75) is 75.9 Å². The van der Waals surface area contributed by atoms with E-state index in [0.717, 1.165) is 84.5 Å². The summed E-state index contributed by atoms with van der Waals surface area (Å²) in [4.78, 5) is 32.1. The smallest absolute Gasteiger partial charge is 0.317 e. The first-order chi connectivity index (χ1) is 13.7. The fourth-order valence-electron chi connectivity index (χ4n) is 5.33. The normalized spacial score (nSPS) is 29.1. The van der Waals surface area contributed by atoms with Crippen LogP contribution in [0.1, 0.15) is 57.8 Å². The van der Waals surface area contributed by atoms with Gasteiger partial charge >= 0.3 is 6.03 Å². The predicted octanol–water partition coefficient (Wildman–Crippen LogP) is 1.82. The van der Waals surface area contributed by atoms with Gasteiger partial charge in [-0.15, -0.1) is 0 Å². The van der Waals surface area contributed by atoms with E-state index in [0.29, 0.717) is 18.0 Å². The standard InChI is InChI=1S/C21H36N4O3/c26-20-19(7-4-10-25(20)18-8-15-28-16-9-18)23-11-13-24(14-12-23)21(27)22-17-5-2-1-3-6-17/h17-19H,1-16H2,(H,22,27). The van der Waals surface area contributed by atoms with Gasteiger partial charge in [0.2, 0.25) is 5.91 Å². The van der Waals surface area contributed by atoms with Gasteiger partial charge in [-0.25, -0.2) is 4.79 Å². The second kappa shape index (κ2) is 9.44. The van der Waals surface area contributed by atoms with Crippen LogP contribution in [0.15, 0.2) is 0 Å². The van der Waals surface area contributed by atoms with Gasteiger partial charge in [0.05, 0.1) is 6.04 Å². The first kappa shape index (κ1) is 20.0. The number of ether oxygens (including phenoxy) is 1. The average Bonchev–Trinajstić information content (AvgIpc) is 2.75. The summed E-state index contributed by atoms with van der Waals surface area (Å²) in [6.07, 6.45) is 9.95. The minimum absolute atomic E-state index is 0.000139. The lowest BCUT2D eigenvalue weighted by atomic mass is 9.96. The maximum absolute atomic E-state index is 13.2. The van der Waals surface area contributed by atoms with Crippen molar-refractivity contribution in [1.82, 2.24) is 20.0 Å². The fourth-order valence-corrected chi connectivity index (χ4v) is 5.33. The zero-order valence-electron chi connectivity index (χ0n) is 17.1. The predicted molar refractivity (Wildman–Crippen MR) is 107 cm³/mol. The number of piperazine rings is 1. The van der Waals surface area contributed by atoms with E-state index in [1.54, 1.807) is 0 Å². The first-order valence-corrected chi connectivity index (χ1v) is 11.4. The highest BCUT2D eigenvalue weighted by Crippen LogP contribution is 2.25. The molecule has 1 saturated carbocycles. The molecule has 28 heavy (non-hydrogen) atoms. The van der Waals surface area contributed by atoms with E-state index in [4.69, 9.17) is 4.74 Å². The SMILES string of the molecule is O=C(NC1CCCCC1)N1CCN(C2CCCN(C3CCOCC3)C2=O)CC1. The average molecular weight is 393 g/mol. The monoisotopic (exact) mass is 392 g/mol. The first-order valence-electron chi connectivity index (χ1n) is 11.4. The topological polar surface area (TPSA) is 65.1 Å². The third-order valence-electron chi connectivity index (χ3n) is 7.05. The van der Waals surface area contributed by atoms with Crippen molar-refractivity contribution < 1.29 is 14.3 Å². The molecule has 4 fully saturated rings. The lowest BCUT2D eigenvalue weighted by Crippen LogP contribution is -2.61. The van der Waals surface area contributed by atoms with E-state index in [-0.39, 0.29) is 12.1 Å². The number of nitrogens with one attached hydrogen (secondary N) is 1. The van der Waals surface area contributed by atoms with Gasteiger partial charge < -0.3 is 19.9 Å². The summed E-state index contributed by atoms with van der Waals surface area (Å²) in [7, 11) is 0. The van der Waals surface area contributed by atoms with Crippen LogP contribution < -0.4 is 5.32 Å². The quantitative estimate of drug-likeness (QED) is 0.796. The summed E-state index contributed by atoms with van der Waals surface area (Å²) >= 11 is 0. The number of likely N-dealkylation sites (tertiary alicyclic amines) is 1. The number of amides is 3. The molecule has 3 heterocycles. The van der Waals surface area contributed by atoms with Gasteiger partial charge in [-0.2, -0.15) is 0 Å². The van der Waals surface area contributed by atoms with E-state index >= 15 is 0 Å². The molecule has 0 aromatic heterocycles. The Hall–Kier alpha value is -1.34. The molecule has 0 spiro atoms. The Bertz CT molecular complexity index is 538. The van der Waals surface area contributed by atoms with Crippen molar-refractivity contribution in [2.24, 2.45) is 0 Å². The summed E-state index contributed by atoms with van der Waals surface area (Å²) < 4.78 is 5.47. The van der Waals surface area contributed by atoms with Gasteiger partial charge in [-0.3, -0.25) is 9.69 Å². The molecule has 7 nitrogen and oxygen atoms in total. The van der Waals surface area contributed by atoms with Gasteiger partial charge in [0, 0.05) is 58.0 Å². The van der Waals surface area contributed by atoms with Crippen LogP contribution in [0.3, 0.4) is 0 Å². The number of carbonyl (C=O) groups excluding carboxylic acids is 2. The van der Waals surface area contributed by atoms with Crippen LogP contribution in [0.2, 0.25) is 0 Å². The van der Waals surface area contributed by atoms with Crippen LogP contribution in [0.5, 0.6) is 0 Å². The zero-order chi connectivity index (χ0) is 19.3. The Morgan fingerprint density at radius 2 is 1.57 bits per heavy atom. The van der Waals surface area contributed by atoms with Crippen LogP contribution in [0.25, 0.3) is 0 Å². The Kier molecular flexibility index (Phi) is 6.73. The van der Waals surface area contributed by atoms with Gasteiger partial charge in [-0.1, -0.05) is 19.3 Å². The van der Waals surface area contributed by atoms with Crippen LogP contribution in [-0.4, -0.2) is 90.7 Å². The van der Waals surface area contributed by atoms with Crippen molar-refractivity contribution in [1.29, 1.82) is 0 Å². The summed E-state index contributed by atoms with van der Waals surface area (Å²) in [6, 6.07) is 0.796. The molecule has 0 aromatic rings. The second-order valence-electron chi connectivity index (χ2n) is 8.84. The van der Waals surface area contributed by atoms with Crippen LogP contribution in [-0.2, 0) is 9.53 Å². The van der Waals surface area contributed by atoms with Crippen LogP contribution in [0.4, 0.5) is 4.79 Å². The molecule has 0 bridgehead atoms. The minimum atomic E-state index is 0.000139. The summed E-state index contributed by atoms with van der Waals surface area (Å²) in [5.41, 5.74) is 0. The number of carbonyl (C=O) groups is 2. The molecule has 3 aliphatic heterocycles. The molecule has 1 N–H and O–H groups in total. The number of hydrogen-bond donors (Lipinski definition) is 1. The fraction of sp³-hybridized carbons (Fsp3) is 0.905. The highest BCUT2D eigenvalue weighted by molar-refractivity contribution is 5.83. The van der Waals surface area contributed by atoms with Crippen LogP contribution >= 0.6 is 0 Å². The van der Waals surface area contributed by atoms with Gasteiger partial charge in [0.25, 0.3) is 0 Å². The van der Waals surface area contributed by atoms with E-state index in [9.17, 15) is 9.59 Å². The van der Waals surface area contributed by atoms with E-state index in [2.05, 4.69) is 15.1 Å². The van der Waals surface area contributed by atoms with E-state index in [1.807, 2.05) is 4.90 Å². The summed E-state index contributed by atoms with van der Waals surface area (Å²) in [6.45, 7) is 5.48. The molecular weight excluding hydrogens is 356 g/mol. The Morgan fingerprint density at radius 3 is 2.29 bits per heavy atom. The van der Waals surface area contributed by atoms with Crippen molar-refractivity contribution in [2.75, 3.05) is 45.9 Å². The Labute approximate surface area is 168 Å². The molecule has 0 radical (unpaired) electrons. The number of hydrogen-bond acceptors (Lipinski definition) is 4. The van der Waals surface area contributed by atoms with Crippen molar-refractivity contribution in [3.05, 3.63) is 0 Å². The lowest BCUT2D eigenvalue weighted by Gasteiger charge is -2.45. The van der Waals surface area contributed by atoms with Crippen molar-refractivity contribution in [3.63, 3.8) is 0 Å². The van der Waals surface area contributed by atoms with Crippen molar-refractivity contribution in [3.8, 4) is 0 Å². The van der Waals surface area contributed by atoms with Gasteiger partial charge in [0.1, 0.15) is 0 Å². The molecule has 7 heteroatoms. The molecule has 1 atom stereocenters. The maximum Gasteiger partial charge on any atom is 0.317 e. The summed E-state index contributed by atoms with van der Waals surface area (Å²) in [5.74, 6) is 0.304. The molecule has 4 aliphatic rings. The molecule has 0 aromatic carbocycles. The number of nitrogens with zero attached hydrogens (tertiary/aromatic N) is 3. The molecule has 1 aliphatic carbocycles. The molecular formula is C21H36N4O3. The lowest BCUT2D eigenvalue weighted by molar-refractivity contribution is -0.145. The Morgan fingerprint density at radius 1 is 0.857 bits per heavy atom.